The molecule has 1 aromatic rings. The maximum absolute atomic E-state index is 12.4. The molecule has 0 saturated carbocycles. The Bertz CT molecular complexity index is 636. The lowest BCUT2D eigenvalue weighted by molar-refractivity contribution is -0.132. The van der Waals surface area contributed by atoms with Crippen molar-refractivity contribution in [3.63, 3.8) is 0 Å². The number of fused-ring (bicyclic) bond motifs is 1. The first-order valence-electron chi connectivity index (χ1n) is 8.72. The van der Waals surface area contributed by atoms with E-state index in [4.69, 9.17) is 4.74 Å². The molecule has 4 rings (SSSR count). The molecule has 1 N–H and O–H groups in total. The second kappa shape index (κ2) is 6.43. The van der Waals surface area contributed by atoms with Crippen LogP contribution in [0.25, 0.3) is 0 Å². The Kier molecular flexibility index (Phi) is 4.14. The Morgan fingerprint density at radius 1 is 1.25 bits per heavy atom. The molecule has 3 aliphatic heterocycles. The minimum absolute atomic E-state index is 0.0482. The van der Waals surface area contributed by atoms with Gasteiger partial charge in [-0.05, 0) is 30.4 Å². The molecule has 0 aliphatic carbocycles. The summed E-state index contributed by atoms with van der Waals surface area (Å²) in [5, 5.41) is 3.38. The van der Waals surface area contributed by atoms with E-state index in [1.165, 1.54) is 0 Å². The van der Waals surface area contributed by atoms with Crippen molar-refractivity contribution >= 4 is 17.5 Å². The molecule has 6 heteroatoms. The summed E-state index contributed by atoms with van der Waals surface area (Å²) in [7, 11) is 0. The summed E-state index contributed by atoms with van der Waals surface area (Å²) in [6, 6.07) is 7.46. The minimum Gasteiger partial charge on any atom is -0.484 e. The van der Waals surface area contributed by atoms with Crippen LogP contribution in [0.15, 0.2) is 24.3 Å². The molecular formula is C18H23N3O3. The van der Waals surface area contributed by atoms with Gasteiger partial charge in [0, 0.05) is 50.9 Å². The van der Waals surface area contributed by atoms with Crippen molar-refractivity contribution in [3.8, 4) is 5.75 Å². The van der Waals surface area contributed by atoms with E-state index in [1.807, 2.05) is 29.2 Å². The molecule has 3 fully saturated rings. The average Bonchev–Trinajstić information content (AvgIpc) is 3.28. The van der Waals surface area contributed by atoms with Crippen LogP contribution in [0.4, 0.5) is 5.69 Å². The van der Waals surface area contributed by atoms with E-state index in [0.717, 1.165) is 44.8 Å². The minimum atomic E-state index is 0.0482. The highest BCUT2D eigenvalue weighted by Gasteiger charge is 2.38. The van der Waals surface area contributed by atoms with Gasteiger partial charge in [-0.2, -0.15) is 0 Å². The first-order chi connectivity index (χ1) is 11.7. The highest BCUT2D eigenvalue weighted by atomic mass is 16.5. The lowest BCUT2D eigenvalue weighted by Gasteiger charge is -2.19. The van der Waals surface area contributed by atoms with Gasteiger partial charge in [-0.3, -0.25) is 9.59 Å². The number of amides is 2. The van der Waals surface area contributed by atoms with Crippen molar-refractivity contribution in [2.24, 2.45) is 11.8 Å². The topological polar surface area (TPSA) is 61.9 Å². The molecule has 0 bridgehead atoms. The van der Waals surface area contributed by atoms with Gasteiger partial charge in [0.1, 0.15) is 5.75 Å². The third-order valence-electron chi connectivity index (χ3n) is 5.31. The Labute approximate surface area is 141 Å². The molecule has 0 aromatic heterocycles. The first-order valence-corrected chi connectivity index (χ1v) is 8.72. The van der Waals surface area contributed by atoms with E-state index in [1.54, 1.807) is 4.90 Å². The summed E-state index contributed by atoms with van der Waals surface area (Å²) in [6.45, 7) is 4.52. The smallest absolute Gasteiger partial charge is 0.260 e. The van der Waals surface area contributed by atoms with Gasteiger partial charge in [-0.15, -0.1) is 0 Å². The van der Waals surface area contributed by atoms with Gasteiger partial charge in [-0.25, -0.2) is 0 Å². The molecule has 2 amide bonds. The summed E-state index contributed by atoms with van der Waals surface area (Å²) in [5.41, 5.74) is 0.851. The number of ether oxygens (including phenoxy) is 1. The number of anilines is 1. The fourth-order valence-corrected chi connectivity index (χ4v) is 3.96. The van der Waals surface area contributed by atoms with Crippen molar-refractivity contribution in [1.29, 1.82) is 0 Å². The number of nitrogens with one attached hydrogen (secondary N) is 1. The Morgan fingerprint density at radius 2 is 2.04 bits per heavy atom. The van der Waals surface area contributed by atoms with Gasteiger partial charge < -0.3 is 19.9 Å². The predicted molar refractivity (Wildman–Crippen MR) is 90.0 cm³/mol. The number of hydrogen-bond acceptors (Lipinski definition) is 4. The Balaban J connectivity index is 1.34. The third-order valence-corrected chi connectivity index (χ3v) is 5.31. The molecule has 24 heavy (non-hydrogen) atoms. The van der Waals surface area contributed by atoms with E-state index >= 15 is 0 Å². The molecule has 3 aliphatic rings. The van der Waals surface area contributed by atoms with Gasteiger partial charge in [0.2, 0.25) is 5.91 Å². The van der Waals surface area contributed by atoms with E-state index in [9.17, 15) is 9.59 Å². The van der Waals surface area contributed by atoms with E-state index in [0.29, 0.717) is 24.0 Å². The summed E-state index contributed by atoms with van der Waals surface area (Å²) < 4.78 is 5.69. The molecule has 2 atom stereocenters. The molecule has 0 radical (unpaired) electrons. The molecule has 0 spiro atoms. The van der Waals surface area contributed by atoms with Crippen molar-refractivity contribution in [2.75, 3.05) is 44.2 Å². The van der Waals surface area contributed by atoms with Gasteiger partial charge in [0.15, 0.2) is 6.61 Å². The summed E-state index contributed by atoms with van der Waals surface area (Å²) in [5.74, 6) is 2.03. The van der Waals surface area contributed by atoms with Crippen molar-refractivity contribution in [2.45, 2.75) is 12.8 Å². The molecule has 3 heterocycles. The molecule has 3 saturated heterocycles. The molecule has 128 valence electrons. The zero-order valence-electron chi connectivity index (χ0n) is 13.7. The van der Waals surface area contributed by atoms with Gasteiger partial charge in [0.05, 0.1) is 0 Å². The maximum atomic E-state index is 12.4. The Morgan fingerprint density at radius 3 is 2.75 bits per heavy atom. The van der Waals surface area contributed by atoms with Crippen LogP contribution >= 0.6 is 0 Å². The van der Waals surface area contributed by atoms with Gasteiger partial charge in [-0.1, -0.05) is 6.07 Å². The second-order valence-electron chi connectivity index (χ2n) is 6.91. The van der Waals surface area contributed by atoms with E-state index in [-0.39, 0.29) is 18.4 Å². The van der Waals surface area contributed by atoms with E-state index in [2.05, 4.69) is 5.32 Å². The molecule has 6 nitrogen and oxygen atoms in total. The number of rotatable bonds is 4. The van der Waals surface area contributed by atoms with Crippen LogP contribution in [0, 0.1) is 11.8 Å². The number of carbonyl (C=O) groups is 2. The highest BCUT2D eigenvalue weighted by molar-refractivity contribution is 5.95. The van der Waals surface area contributed by atoms with Crippen LogP contribution in [0.5, 0.6) is 5.75 Å². The summed E-state index contributed by atoms with van der Waals surface area (Å²) >= 11 is 0. The second-order valence-corrected chi connectivity index (χ2v) is 6.91. The Hall–Kier alpha value is -2.08. The predicted octanol–water partition coefficient (Wildman–Crippen LogP) is 0.870. The number of likely N-dealkylation sites (tertiary alicyclic amines) is 1. The van der Waals surface area contributed by atoms with Gasteiger partial charge in [0.25, 0.3) is 5.91 Å². The number of hydrogen-bond donors (Lipinski definition) is 1. The van der Waals surface area contributed by atoms with Gasteiger partial charge >= 0.3 is 0 Å². The van der Waals surface area contributed by atoms with Crippen LogP contribution in [-0.2, 0) is 9.59 Å². The average molecular weight is 329 g/mol. The maximum Gasteiger partial charge on any atom is 0.260 e. The first kappa shape index (κ1) is 15.4. The van der Waals surface area contributed by atoms with Crippen LogP contribution in [0.3, 0.4) is 0 Å². The number of benzene rings is 1. The fourth-order valence-electron chi connectivity index (χ4n) is 3.96. The monoisotopic (exact) mass is 329 g/mol. The van der Waals surface area contributed by atoms with E-state index < -0.39 is 0 Å². The van der Waals surface area contributed by atoms with Crippen LogP contribution in [0.2, 0.25) is 0 Å². The standard InChI is InChI=1S/C18H23N3O3/c22-17-5-2-6-21(17)15-3-1-4-16(7-15)24-12-18(23)20-10-13-8-19-9-14(13)11-20/h1,3-4,7,13-14,19H,2,5-6,8-12H2/t13-,14+. The zero-order valence-corrected chi connectivity index (χ0v) is 13.7. The molecule has 0 unspecified atom stereocenters. The van der Waals surface area contributed by atoms with Crippen LogP contribution < -0.4 is 15.0 Å². The highest BCUT2D eigenvalue weighted by Crippen LogP contribution is 2.27. The number of carbonyl (C=O) groups excluding carboxylic acids is 2. The zero-order chi connectivity index (χ0) is 16.5. The fraction of sp³-hybridized carbons (Fsp3) is 0.556. The van der Waals surface area contributed by atoms with Crippen LogP contribution in [-0.4, -0.2) is 56.0 Å². The largest absolute Gasteiger partial charge is 0.484 e. The summed E-state index contributed by atoms with van der Waals surface area (Å²) in [6.07, 6.45) is 1.50. The quantitative estimate of drug-likeness (QED) is 0.890. The van der Waals surface area contributed by atoms with Crippen molar-refractivity contribution < 1.29 is 14.3 Å². The van der Waals surface area contributed by atoms with Crippen molar-refractivity contribution in [3.05, 3.63) is 24.3 Å². The lowest BCUT2D eigenvalue weighted by Crippen LogP contribution is -2.35. The summed E-state index contributed by atoms with van der Waals surface area (Å²) in [4.78, 5) is 27.9. The van der Waals surface area contributed by atoms with Crippen LogP contribution in [0.1, 0.15) is 12.8 Å². The molecular weight excluding hydrogens is 306 g/mol. The SMILES string of the molecule is O=C(COc1cccc(N2CCCC2=O)c1)N1C[C@H]2CNC[C@H]2C1. The molecule has 1 aromatic carbocycles. The lowest BCUT2D eigenvalue weighted by atomic mass is 10.0. The normalized spacial score (nSPS) is 26.1. The number of nitrogens with zero attached hydrogens (tertiary/aromatic N) is 2. The van der Waals surface area contributed by atoms with Crippen molar-refractivity contribution in [1.82, 2.24) is 10.2 Å². The third kappa shape index (κ3) is 2.98.